The van der Waals surface area contributed by atoms with Gasteiger partial charge in [0, 0.05) is 17.8 Å². The van der Waals surface area contributed by atoms with Crippen molar-refractivity contribution in [3.63, 3.8) is 0 Å². The molecule has 0 spiro atoms. The van der Waals surface area contributed by atoms with Gasteiger partial charge in [-0.05, 0) is 29.5 Å². The summed E-state index contributed by atoms with van der Waals surface area (Å²) in [4.78, 5) is 4.08. The first-order chi connectivity index (χ1) is 6.33. The highest BCUT2D eigenvalue weighted by Crippen LogP contribution is 2.21. The minimum atomic E-state index is 1.17. The molecule has 64 valence electrons. The first-order valence-electron chi connectivity index (χ1n) is 4.28. The van der Waals surface area contributed by atoms with Crippen molar-refractivity contribution in [2.75, 3.05) is 0 Å². The molecule has 0 fully saturated rings. The van der Waals surface area contributed by atoms with Gasteiger partial charge in [0.25, 0.3) is 0 Å². The minimum absolute atomic E-state index is 1.17. The van der Waals surface area contributed by atoms with Crippen molar-refractivity contribution < 1.29 is 0 Å². The summed E-state index contributed by atoms with van der Waals surface area (Å²) in [6, 6.07) is 6.21. The van der Waals surface area contributed by atoms with Crippen molar-refractivity contribution in [3.8, 4) is 0 Å². The van der Waals surface area contributed by atoms with E-state index >= 15 is 0 Å². The zero-order valence-corrected chi connectivity index (χ0v) is 7.62. The highest BCUT2D eigenvalue weighted by molar-refractivity contribution is 5.90. The fourth-order valence-corrected chi connectivity index (χ4v) is 1.57. The third-order valence-electron chi connectivity index (χ3n) is 2.28. The maximum absolute atomic E-state index is 4.08. The largest absolute Gasteiger partial charge is 0.264 e. The van der Waals surface area contributed by atoms with Gasteiger partial charge >= 0.3 is 0 Å². The van der Waals surface area contributed by atoms with Crippen LogP contribution in [-0.2, 0) is 0 Å². The molecule has 13 heavy (non-hydrogen) atoms. The Morgan fingerprint density at radius 3 is 2.92 bits per heavy atom. The molecule has 0 aliphatic rings. The molecule has 2 rings (SSSR count). The molecule has 0 aliphatic heterocycles. The fourth-order valence-electron chi connectivity index (χ4n) is 1.57. The first-order valence-corrected chi connectivity index (χ1v) is 4.28. The van der Waals surface area contributed by atoms with Crippen LogP contribution in [0.2, 0.25) is 0 Å². The first kappa shape index (κ1) is 7.99. The number of nitrogens with zero attached hydrogens (tertiary/aromatic N) is 1. The molecule has 0 saturated carbocycles. The second kappa shape index (κ2) is 3.02. The standard InChI is InChI=1S/C12H11N/c1-3-11-9(2)4-5-10-8-13-7-6-12(10)11/h3-8H,1H2,2H3. The maximum Gasteiger partial charge on any atom is 0.0346 e. The Balaban J connectivity index is 2.91. The number of pyridine rings is 1. The maximum atomic E-state index is 4.08. The van der Waals surface area contributed by atoms with E-state index in [4.69, 9.17) is 0 Å². The molecule has 0 radical (unpaired) electrons. The molecule has 1 heterocycles. The summed E-state index contributed by atoms with van der Waals surface area (Å²) < 4.78 is 0. The lowest BCUT2D eigenvalue weighted by molar-refractivity contribution is 1.35. The van der Waals surface area contributed by atoms with E-state index in [0.717, 1.165) is 0 Å². The van der Waals surface area contributed by atoms with Crippen LogP contribution in [0.5, 0.6) is 0 Å². The van der Waals surface area contributed by atoms with Gasteiger partial charge in [-0.3, -0.25) is 4.98 Å². The Morgan fingerprint density at radius 2 is 2.15 bits per heavy atom. The van der Waals surface area contributed by atoms with Crippen LogP contribution in [0.3, 0.4) is 0 Å². The van der Waals surface area contributed by atoms with Crippen molar-refractivity contribution in [2.45, 2.75) is 6.92 Å². The molecule has 0 amide bonds. The van der Waals surface area contributed by atoms with Gasteiger partial charge in [0.2, 0.25) is 0 Å². The molecular weight excluding hydrogens is 158 g/mol. The van der Waals surface area contributed by atoms with Gasteiger partial charge in [0.1, 0.15) is 0 Å². The topological polar surface area (TPSA) is 12.9 Å². The Labute approximate surface area is 77.7 Å². The highest BCUT2D eigenvalue weighted by Gasteiger charge is 1.99. The average Bonchev–Trinajstić information content (AvgIpc) is 2.18. The van der Waals surface area contributed by atoms with Gasteiger partial charge in [-0.1, -0.05) is 24.8 Å². The van der Waals surface area contributed by atoms with Gasteiger partial charge in [-0.25, -0.2) is 0 Å². The van der Waals surface area contributed by atoms with Crippen molar-refractivity contribution in [3.05, 3.63) is 48.3 Å². The summed E-state index contributed by atoms with van der Waals surface area (Å²) in [5.74, 6) is 0. The summed E-state index contributed by atoms with van der Waals surface area (Å²) in [5, 5.41) is 2.40. The minimum Gasteiger partial charge on any atom is -0.264 e. The van der Waals surface area contributed by atoms with Crippen LogP contribution in [0, 0.1) is 6.92 Å². The van der Waals surface area contributed by atoms with Crippen LogP contribution in [0.4, 0.5) is 0 Å². The number of aryl methyl sites for hydroxylation is 1. The van der Waals surface area contributed by atoms with Gasteiger partial charge in [-0.2, -0.15) is 0 Å². The van der Waals surface area contributed by atoms with Crippen molar-refractivity contribution in [2.24, 2.45) is 0 Å². The summed E-state index contributed by atoms with van der Waals surface area (Å²) in [5.41, 5.74) is 2.47. The summed E-state index contributed by atoms with van der Waals surface area (Å²) >= 11 is 0. The summed E-state index contributed by atoms with van der Waals surface area (Å²) in [7, 11) is 0. The number of hydrogen-bond acceptors (Lipinski definition) is 1. The van der Waals surface area contributed by atoms with E-state index in [-0.39, 0.29) is 0 Å². The van der Waals surface area contributed by atoms with Crippen LogP contribution < -0.4 is 0 Å². The number of benzene rings is 1. The van der Waals surface area contributed by atoms with E-state index in [0.29, 0.717) is 0 Å². The van der Waals surface area contributed by atoms with Crippen LogP contribution in [-0.4, -0.2) is 4.98 Å². The Kier molecular flexibility index (Phi) is 1.85. The molecule has 2 aromatic rings. The van der Waals surface area contributed by atoms with E-state index < -0.39 is 0 Å². The lowest BCUT2D eigenvalue weighted by Gasteiger charge is -2.04. The fraction of sp³-hybridized carbons (Fsp3) is 0.0833. The smallest absolute Gasteiger partial charge is 0.0346 e. The van der Waals surface area contributed by atoms with Gasteiger partial charge in [0.05, 0.1) is 0 Å². The number of hydrogen-bond donors (Lipinski definition) is 0. The van der Waals surface area contributed by atoms with E-state index in [1.807, 2.05) is 24.5 Å². The second-order valence-corrected chi connectivity index (χ2v) is 3.10. The molecule has 1 heteroatoms. The van der Waals surface area contributed by atoms with E-state index in [9.17, 15) is 0 Å². The third-order valence-corrected chi connectivity index (χ3v) is 2.28. The zero-order valence-electron chi connectivity index (χ0n) is 7.62. The molecule has 1 nitrogen and oxygen atoms in total. The molecule has 1 aromatic heterocycles. The molecule has 0 saturated heterocycles. The zero-order chi connectivity index (χ0) is 9.26. The van der Waals surface area contributed by atoms with E-state index in [1.54, 1.807) is 0 Å². The molecule has 0 atom stereocenters. The van der Waals surface area contributed by atoms with Crippen LogP contribution >= 0.6 is 0 Å². The van der Waals surface area contributed by atoms with Crippen molar-refractivity contribution >= 4 is 16.8 Å². The van der Waals surface area contributed by atoms with Crippen LogP contribution in [0.1, 0.15) is 11.1 Å². The molecule has 0 bridgehead atoms. The predicted octanol–water partition coefficient (Wildman–Crippen LogP) is 3.19. The van der Waals surface area contributed by atoms with E-state index in [2.05, 4.69) is 30.6 Å². The van der Waals surface area contributed by atoms with Gasteiger partial charge < -0.3 is 0 Å². The Bertz CT molecular complexity index is 458. The number of rotatable bonds is 1. The lowest BCUT2D eigenvalue weighted by Crippen LogP contribution is -1.84. The molecular formula is C12H11N. The number of fused-ring (bicyclic) bond motifs is 1. The van der Waals surface area contributed by atoms with Crippen LogP contribution in [0.25, 0.3) is 16.8 Å². The third kappa shape index (κ3) is 1.22. The van der Waals surface area contributed by atoms with Gasteiger partial charge in [0.15, 0.2) is 0 Å². The molecule has 0 aliphatic carbocycles. The van der Waals surface area contributed by atoms with Crippen molar-refractivity contribution in [1.29, 1.82) is 0 Å². The molecule has 1 aromatic carbocycles. The lowest BCUT2D eigenvalue weighted by atomic mass is 10.0. The Morgan fingerprint density at radius 1 is 1.31 bits per heavy atom. The molecule has 0 unspecified atom stereocenters. The number of aromatic nitrogens is 1. The SMILES string of the molecule is C=Cc1c(C)ccc2cnccc12. The normalized spacial score (nSPS) is 10.2. The van der Waals surface area contributed by atoms with Crippen molar-refractivity contribution in [1.82, 2.24) is 4.98 Å². The summed E-state index contributed by atoms with van der Waals surface area (Å²) in [6.45, 7) is 5.92. The van der Waals surface area contributed by atoms with Gasteiger partial charge in [-0.15, -0.1) is 0 Å². The van der Waals surface area contributed by atoms with E-state index in [1.165, 1.54) is 21.9 Å². The highest BCUT2D eigenvalue weighted by atomic mass is 14.6. The van der Waals surface area contributed by atoms with Crippen LogP contribution in [0.15, 0.2) is 37.2 Å². The molecule has 0 N–H and O–H groups in total. The average molecular weight is 169 g/mol. The monoisotopic (exact) mass is 169 g/mol. The predicted molar refractivity (Wildman–Crippen MR) is 56.6 cm³/mol. The summed E-state index contributed by atoms with van der Waals surface area (Å²) in [6.07, 6.45) is 5.59. The Hall–Kier alpha value is -1.63. The second-order valence-electron chi connectivity index (χ2n) is 3.10. The quantitative estimate of drug-likeness (QED) is 0.638.